The second-order valence-corrected chi connectivity index (χ2v) is 4.43. The number of halogens is 1. The van der Waals surface area contributed by atoms with Crippen molar-refractivity contribution in [3.05, 3.63) is 47.4 Å². The van der Waals surface area contributed by atoms with Gasteiger partial charge in [0.05, 0.1) is 31.2 Å². The Labute approximate surface area is 127 Å². The molecule has 1 heterocycles. The minimum Gasteiger partial charge on any atom is -0.495 e. The van der Waals surface area contributed by atoms with Crippen molar-refractivity contribution in [1.29, 1.82) is 0 Å². The summed E-state index contributed by atoms with van der Waals surface area (Å²) in [5.41, 5.74) is 0.466. The van der Waals surface area contributed by atoms with Gasteiger partial charge in [0, 0.05) is 18.2 Å². The van der Waals surface area contributed by atoms with E-state index in [1.165, 1.54) is 26.6 Å². The summed E-state index contributed by atoms with van der Waals surface area (Å²) < 4.78 is 15.4. The third-order valence-electron chi connectivity index (χ3n) is 2.67. The van der Waals surface area contributed by atoms with Gasteiger partial charge in [-0.2, -0.15) is 0 Å². The van der Waals surface area contributed by atoms with Crippen LogP contribution in [0.5, 0.6) is 11.5 Å². The number of amides is 1. The molecule has 1 aromatic carbocycles. The van der Waals surface area contributed by atoms with Crippen molar-refractivity contribution in [2.75, 3.05) is 19.5 Å². The van der Waals surface area contributed by atoms with E-state index in [0.29, 0.717) is 28.0 Å². The molecule has 21 heavy (non-hydrogen) atoms. The van der Waals surface area contributed by atoms with E-state index in [1.807, 2.05) is 0 Å². The Balaban J connectivity index is 2.16. The SMILES string of the molecule is COc1cc(NC(=O)/C=C/c2ccco2)c(OC)cc1Cl. The van der Waals surface area contributed by atoms with Crippen LogP contribution in [0.4, 0.5) is 5.69 Å². The number of ether oxygens (including phenoxy) is 2. The lowest BCUT2D eigenvalue weighted by Crippen LogP contribution is -2.09. The molecular weight excluding hydrogens is 294 g/mol. The molecule has 0 fully saturated rings. The number of hydrogen-bond donors (Lipinski definition) is 1. The molecule has 0 aliphatic heterocycles. The first kappa shape index (κ1) is 15.0. The monoisotopic (exact) mass is 307 g/mol. The van der Waals surface area contributed by atoms with Gasteiger partial charge in [-0.1, -0.05) is 11.6 Å². The fourth-order valence-electron chi connectivity index (χ4n) is 1.68. The highest BCUT2D eigenvalue weighted by Gasteiger charge is 2.11. The fraction of sp³-hybridized carbons (Fsp3) is 0.133. The zero-order chi connectivity index (χ0) is 15.2. The summed E-state index contributed by atoms with van der Waals surface area (Å²) in [7, 11) is 2.99. The molecule has 0 unspecified atom stereocenters. The lowest BCUT2D eigenvalue weighted by atomic mass is 10.2. The average molecular weight is 308 g/mol. The summed E-state index contributed by atoms with van der Waals surface area (Å²) >= 11 is 6.00. The van der Waals surface area contributed by atoms with Crippen LogP contribution in [0.15, 0.2) is 41.0 Å². The van der Waals surface area contributed by atoms with E-state index in [-0.39, 0.29) is 5.91 Å². The summed E-state index contributed by atoms with van der Waals surface area (Å²) in [6, 6.07) is 6.66. The van der Waals surface area contributed by atoms with Crippen molar-refractivity contribution in [2.24, 2.45) is 0 Å². The van der Waals surface area contributed by atoms with E-state index in [4.69, 9.17) is 25.5 Å². The summed E-state index contributed by atoms with van der Waals surface area (Å²) in [6.07, 6.45) is 4.46. The predicted molar refractivity (Wildman–Crippen MR) is 80.9 cm³/mol. The van der Waals surface area contributed by atoms with E-state index in [1.54, 1.807) is 30.3 Å². The zero-order valence-corrected chi connectivity index (χ0v) is 12.3. The minimum atomic E-state index is -0.325. The van der Waals surface area contributed by atoms with Gasteiger partial charge in [-0.3, -0.25) is 4.79 Å². The number of rotatable bonds is 5. The Kier molecular flexibility index (Phi) is 4.90. The average Bonchev–Trinajstić information content (AvgIpc) is 2.99. The summed E-state index contributed by atoms with van der Waals surface area (Å²) in [6.45, 7) is 0. The topological polar surface area (TPSA) is 60.7 Å². The maximum Gasteiger partial charge on any atom is 0.248 e. The minimum absolute atomic E-state index is 0.325. The van der Waals surface area contributed by atoms with Crippen LogP contribution >= 0.6 is 11.6 Å². The maximum atomic E-state index is 11.9. The number of carbonyl (C=O) groups is 1. The number of anilines is 1. The molecule has 1 N–H and O–H groups in total. The lowest BCUT2D eigenvalue weighted by molar-refractivity contribution is -0.111. The largest absolute Gasteiger partial charge is 0.495 e. The molecular formula is C15H14ClNO4. The molecule has 5 nitrogen and oxygen atoms in total. The summed E-state index contributed by atoms with van der Waals surface area (Å²) in [4.78, 5) is 11.9. The normalized spacial score (nSPS) is 10.6. The summed E-state index contributed by atoms with van der Waals surface area (Å²) in [5, 5.41) is 3.10. The smallest absolute Gasteiger partial charge is 0.248 e. The number of hydrogen-bond acceptors (Lipinski definition) is 4. The molecule has 1 aromatic heterocycles. The first-order valence-electron chi connectivity index (χ1n) is 6.08. The van der Waals surface area contributed by atoms with Gasteiger partial charge in [-0.25, -0.2) is 0 Å². The molecule has 0 radical (unpaired) electrons. The third-order valence-corrected chi connectivity index (χ3v) is 2.97. The van der Waals surface area contributed by atoms with Crippen LogP contribution in [-0.2, 0) is 4.79 Å². The van der Waals surface area contributed by atoms with Crippen molar-refractivity contribution >= 4 is 29.3 Å². The van der Waals surface area contributed by atoms with Crippen LogP contribution in [0.3, 0.4) is 0 Å². The molecule has 1 amide bonds. The highest BCUT2D eigenvalue weighted by Crippen LogP contribution is 2.35. The van der Waals surface area contributed by atoms with Gasteiger partial charge in [0.15, 0.2) is 0 Å². The highest BCUT2D eigenvalue weighted by molar-refractivity contribution is 6.32. The van der Waals surface area contributed by atoms with E-state index < -0.39 is 0 Å². The number of furan rings is 1. The second-order valence-electron chi connectivity index (χ2n) is 4.03. The van der Waals surface area contributed by atoms with Crippen LogP contribution in [-0.4, -0.2) is 20.1 Å². The van der Waals surface area contributed by atoms with Gasteiger partial charge in [0.1, 0.15) is 17.3 Å². The molecule has 2 rings (SSSR count). The third kappa shape index (κ3) is 3.79. The predicted octanol–water partition coefficient (Wildman–Crippen LogP) is 3.60. The Morgan fingerprint density at radius 2 is 2.05 bits per heavy atom. The van der Waals surface area contributed by atoms with Crippen molar-refractivity contribution in [3.8, 4) is 11.5 Å². The Bertz CT molecular complexity index is 650. The molecule has 110 valence electrons. The van der Waals surface area contributed by atoms with Crippen LogP contribution in [0.2, 0.25) is 5.02 Å². The molecule has 0 aliphatic carbocycles. The van der Waals surface area contributed by atoms with Crippen molar-refractivity contribution in [3.63, 3.8) is 0 Å². The van der Waals surface area contributed by atoms with Gasteiger partial charge in [0.2, 0.25) is 5.91 Å². The standard InChI is InChI=1S/C15H14ClNO4/c1-19-13-9-12(14(20-2)8-11(13)16)17-15(18)6-5-10-4-3-7-21-10/h3-9H,1-2H3,(H,17,18)/b6-5+. The molecule has 0 saturated heterocycles. The number of methoxy groups -OCH3 is 2. The van der Waals surface area contributed by atoms with Crippen molar-refractivity contribution in [2.45, 2.75) is 0 Å². The van der Waals surface area contributed by atoms with E-state index in [0.717, 1.165) is 0 Å². The van der Waals surface area contributed by atoms with E-state index in [2.05, 4.69) is 5.32 Å². The highest BCUT2D eigenvalue weighted by atomic mass is 35.5. The lowest BCUT2D eigenvalue weighted by Gasteiger charge is -2.12. The van der Waals surface area contributed by atoms with E-state index >= 15 is 0 Å². The zero-order valence-electron chi connectivity index (χ0n) is 11.6. The van der Waals surface area contributed by atoms with Gasteiger partial charge in [0.25, 0.3) is 0 Å². The molecule has 0 aliphatic rings. The van der Waals surface area contributed by atoms with Gasteiger partial charge in [-0.15, -0.1) is 0 Å². The van der Waals surface area contributed by atoms with Crippen LogP contribution in [0, 0.1) is 0 Å². The van der Waals surface area contributed by atoms with Gasteiger partial charge in [-0.05, 0) is 18.2 Å². The van der Waals surface area contributed by atoms with Crippen molar-refractivity contribution < 1.29 is 18.7 Å². The van der Waals surface area contributed by atoms with Crippen LogP contribution < -0.4 is 14.8 Å². The quantitative estimate of drug-likeness (QED) is 0.857. The molecule has 0 saturated carbocycles. The number of benzene rings is 1. The maximum absolute atomic E-state index is 11.9. The Morgan fingerprint density at radius 3 is 2.67 bits per heavy atom. The Morgan fingerprint density at radius 1 is 1.29 bits per heavy atom. The van der Waals surface area contributed by atoms with Gasteiger partial charge < -0.3 is 19.2 Å². The number of carbonyl (C=O) groups excluding carboxylic acids is 1. The molecule has 0 spiro atoms. The van der Waals surface area contributed by atoms with Gasteiger partial charge >= 0.3 is 0 Å². The van der Waals surface area contributed by atoms with Crippen LogP contribution in [0.25, 0.3) is 6.08 Å². The van der Waals surface area contributed by atoms with Crippen molar-refractivity contribution in [1.82, 2.24) is 0 Å². The van der Waals surface area contributed by atoms with E-state index in [9.17, 15) is 4.79 Å². The first-order valence-corrected chi connectivity index (χ1v) is 6.46. The van der Waals surface area contributed by atoms with Crippen LogP contribution in [0.1, 0.15) is 5.76 Å². The molecule has 2 aromatic rings. The first-order chi connectivity index (χ1) is 10.1. The number of nitrogens with one attached hydrogen (secondary N) is 1. The summed E-state index contributed by atoms with van der Waals surface area (Å²) in [5.74, 6) is 1.16. The Hall–Kier alpha value is -2.40. The molecule has 0 bridgehead atoms. The molecule has 6 heteroatoms. The molecule has 0 atom stereocenters. The second kappa shape index (κ2) is 6.85. The fourth-order valence-corrected chi connectivity index (χ4v) is 1.91.